The Morgan fingerprint density at radius 1 is 1.06 bits per heavy atom. The quantitative estimate of drug-likeness (QED) is 0.704. The molecule has 0 radical (unpaired) electrons. The van der Waals surface area contributed by atoms with E-state index in [0.29, 0.717) is 5.82 Å². The van der Waals surface area contributed by atoms with Gasteiger partial charge in [0.15, 0.2) is 0 Å². The summed E-state index contributed by atoms with van der Waals surface area (Å²) in [5, 5.41) is 1.13. The highest BCUT2D eigenvalue weighted by Crippen LogP contribution is 2.26. The number of aryl methyl sites for hydroxylation is 1. The third kappa shape index (κ3) is 1.80. The lowest BCUT2D eigenvalue weighted by Gasteiger charge is -2.07. The van der Waals surface area contributed by atoms with E-state index in [4.69, 9.17) is 5.73 Å². The lowest BCUT2D eigenvalue weighted by atomic mass is 10.0. The van der Waals surface area contributed by atoms with Crippen LogP contribution in [-0.4, -0.2) is 9.97 Å². The van der Waals surface area contributed by atoms with Gasteiger partial charge in [-0.05, 0) is 42.3 Å². The number of hydrogen-bond donors (Lipinski definition) is 1. The van der Waals surface area contributed by atoms with Crippen LogP contribution >= 0.6 is 0 Å². The molecule has 0 saturated carbocycles. The van der Waals surface area contributed by atoms with E-state index >= 15 is 0 Å². The van der Waals surface area contributed by atoms with Gasteiger partial charge in [0.05, 0.1) is 5.52 Å². The molecule has 0 amide bonds. The Bertz CT molecular complexity index is 720. The fraction of sp³-hybridized carbons (Fsp3) is 0.0667. The van der Waals surface area contributed by atoms with E-state index in [1.165, 1.54) is 0 Å². The zero-order valence-corrected chi connectivity index (χ0v) is 10.1. The van der Waals surface area contributed by atoms with Crippen LogP contribution in [0.15, 0.2) is 48.8 Å². The van der Waals surface area contributed by atoms with Crippen LogP contribution in [0.4, 0.5) is 5.82 Å². The van der Waals surface area contributed by atoms with Crippen LogP contribution in [0.25, 0.3) is 22.0 Å². The average molecular weight is 235 g/mol. The molecule has 0 spiro atoms. The van der Waals surface area contributed by atoms with Gasteiger partial charge in [0.25, 0.3) is 0 Å². The predicted octanol–water partition coefficient (Wildman–Crippen LogP) is 3.19. The minimum atomic E-state index is 0.554. The lowest BCUT2D eigenvalue weighted by Crippen LogP contribution is -1.92. The first-order valence-electron chi connectivity index (χ1n) is 5.81. The molecule has 1 aromatic carbocycles. The van der Waals surface area contributed by atoms with E-state index in [0.717, 1.165) is 27.6 Å². The molecule has 18 heavy (non-hydrogen) atoms. The fourth-order valence-corrected chi connectivity index (χ4v) is 2.12. The monoisotopic (exact) mass is 235 g/mol. The van der Waals surface area contributed by atoms with E-state index < -0.39 is 0 Å². The third-order valence-corrected chi connectivity index (χ3v) is 3.05. The van der Waals surface area contributed by atoms with Crippen LogP contribution in [0.2, 0.25) is 0 Å². The largest absolute Gasteiger partial charge is 0.384 e. The fourth-order valence-electron chi connectivity index (χ4n) is 2.12. The van der Waals surface area contributed by atoms with E-state index in [1.54, 1.807) is 6.20 Å². The highest BCUT2D eigenvalue weighted by Gasteiger charge is 2.04. The highest BCUT2D eigenvalue weighted by molar-refractivity contribution is 5.84. The van der Waals surface area contributed by atoms with Gasteiger partial charge in [0.2, 0.25) is 0 Å². The van der Waals surface area contributed by atoms with Gasteiger partial charge < -0.3 is 5.73 Å². The molecule has 88 valence electrons. The molecule has 3 aromatic rings. The Morgan fingerprint density at radius 2 is 1.94 bits per heavy atom. The number of nitrogen functional groups attached to an aromatic ring is 1. The minimum Gasteiger partial charge on any atom is -0.384 e. The molecular formula is C15H13N3. The van der Waals surface area contributed by atoms with Gasteiger partial charge in [-0.15, -0.1) is 0 Å². The molecular weight excluding hydrogens is 222 g/mol. The molecule has 0 saturated heterocycles. The smallest absolute Gasteiger partial charge is 0.123 e. The van der Waals surface area contributed by atoms with Crippen molar-refractivity contribution >= 4 is 16.7 Å². The van der Waals surface area contributed by atoms with Crippen LogP contribution < -0.4 is 5.73 Å². The number of fused-ring (bicyclic) bond motifs is 1. The van der Waals surface area contributed by atoms with E-state index in [2.05, 4.69) is 28.2 Å². The highest BCUT2D eigenvalue weighted by atomic mass is 14.8. The molecule has 0 bridgehead atoms. The van der Waals surface area contributed by atoms with Crippen molar-refractivity contribution in [1.82, 2.24) is 9.97 Å². The van der Waals surface area contributed by atoms with Crippen molar-refractivity contribution in [2.45, 2.75) is 6.92 Å². The summed E-state index contributed by atoms with van der Waals surface area (Å²) >= 11 is 0. The molecule has 0 unspecified atom stereocenters. The van der Waals surface area contributed by atoms with Gasteiger partial charge in [-0.2, -0.15) is 0 Å². The SMILES string of the molecule is Cc1cc(N)ncc1-c1ccc2ncccc2c1. The van der Waals surface area contributed by atoms with Gasteiger partial charge in [-0.1, -0.05) is 12.1 Å². The summed E-state index contributed by atoms with van der Waals surface area (Å²) in [6, 6.07) is 12.1. The first-order chi connectivity index (χ1) is 8.74. The number of aromatic nitrogens is 2. The molecule has 2 N–H and O–H groups in total. The number of nitrogens with zero attached hydrogens (tertiary/aromatic N) is 2. The molecule has 0 aliphatic rings. The predicted molar refractivity (Wildman–Crippen MR) is 74.1 cm³/mol. The van der Waals surface area contributed by atoms with Crippen molar-refractivity contribution < 1.29 is 0 Å². The number of anilines is 1. The van der Waals surface area contributed by atoms with E-state index in [9.17, 15) is 0 Å². The zero-order valence-electron chi connectivity index (χ0n) is 10.1. The summed E-state index contributed by atoms with van der Waals surface area (Å²) in [7, 11) is 0. The molecule has 3 rings (SSSR count). The molecule has 2 aromatic heterocycles. The van der Waals surface area contributed by atoms with Crippen LogP contribution in [0.3, 0.4) is 0 Å². The van der Waals surface area contributed by atoms with Crippen molar-refractivity contribution in [3.8, 4) is 11.1 Å². The van der Waals surface area contributed by atoms with Crippen molar-refractivity contribution in [2.75, 3.05) is 5.73 Å². The maximum atomic E-state index is 5.68. The zero-order chi connectivity index (χ0) is 12.5. The van der Waals surface area contributed by atoms with Gasteiger partial charge in [0.1, 0.15) is 5.82 Å². The number of hydrogen-bond acceptors (Lipinski definition) is 3. The minimum absolute atomic E-state index is 0.554. The van der Waals surface area contributed by atoms with E-state index in [-0.39, 0.29) is 0 Å². The van der Waals surface area contributed by atoms with Gasteiger partial charge >= 0.3 is 0 Å². The van der Waals surface area contributed by atoms with E-state index in [1.807, 2.05) is 31.3 Å². The maximum absolute atomic E-state index is 5.68. The first kappa shape index (κ1) is 10.7. The van der Waals surface area contributed by atoms with Crippen molar-refractivity contribution in [3.05, 3.63) is 54.4 Å². The summed E-state index contributed by atoms with van der Waals surface area (Å²) < 4.78 is 0. The number of nitrogens with two attached hydrogens (primary N) is 1. The summed E-state index contributed by atoms with van der Waals surface area (Å²) in [4.78, 5) is 8.48. The van der Waals surface area contributed by atoms with Crippen LogP contribution in [-0.2, 0) is 0 Å². The molecule has 2 heterocycles. The summed E-state index contributed by atoms with van der Waals surface area (Å²) in [5.41, 5.74) is 10.1. The maximum Gasteiger partial charge on any atom is 0.123 e. The van der Waals surface area contributed by atoms with Gasteiger partial charge in [0, 0.05) is 23.3 Å². The standard InChI is InChI=1S/C15H13N3/c1-10-7-15(16)18-9-13(10)11-4-5-14-12(8-11)3-2-6-17-14/h2-9H,1H3,(H2,16,18). The van der Waals surface area contributed by atoms with Crippen molar-refractivity contribution in [2.24, 2.45) is 0 Å². The number of benzene rings is 1. The Balaban J connectivity index is 2.19. The Kier molecular flexibility index (Phi) is 2.45. The molecule has 0 fully saturated rings. The van der Waals surface area contributed by atoms with Crippen molar-refractivity contribution in [1.29, 1.82) is 0 Å². The number of rotatable bonds is 1. The Hall–Kier alpha value is -2.42. The second-order valence-electron chi connectivity index (χ2n) is 4.33. The molecule has 0 aliphatic heterocycles. The molecule has 3 nitrogen and oxygen atoms in total. The van der Waals surface area contributed by atoms with Gasteiger partial charge in [-0.25, -0.2) is 4.98 Å². The summed E-state index contributed by atoms with van der Waals surface area (Å²) in [6.07, 6.45) is 3.63. The second kappa shape index (κ2) is 4.11. The topological polar surface area (TPSA) is 51.8 Å². The molecule has 0 atom stereocenters. The van der Waals surface area contributed by atoms with Crippen LogP contribution in [0.1, 0.15) is 5.56 Å². The second-order valence-corrected chi connectivity index (χ2v) is 4.33. The lowest BCUT2D eigenvalue weighted by molar-refractivity contribution is 1.29. The molecule has 3 heteroatoms. The van der Waals surface area contributed by atoms with Crippen LogP contribution in [0, 0.1) is 6.92 Å². The Labute approximate surface area is 105 Å². The van der Waals surface area contributed by atoms with Crippen LogP contribution in [0.5, 0.6) is 0 Å². The summed E-state index contributed by atoms with van der Waals surface area (Å²) in [6.45, 7) is 2.04. The van der Waals surface area contributed by atoms with Gasteiger partial charge in [-0.3, -0.25) is 4.98 Å². The first-order valence-corrected chi connectivity index (χ1v) is 5.81. The molecule has 0 aliphatic carbocycles. The Morgan fingerprint density at radius 3 is 2.78 bits per heavy atom. The summed E-state index contributed by atoms with van der Waals surface area (Å²) in [5.74, 6) is 0.554. The average Bonchev–Trinajstić information content (AvgIpc) is 2.38. The normalized spacial score (nSPS) is 10.7. The third-order valence-electron chi connectivity index (χ3n) is 3.05. The number of pyridine rings is 2. The van der Waals surface area contributed by atoms with Crippen molar-refractivity contribution in [3.63, 3.8) is 0 Å².